The Hall–Kier alpha value is -2.31. The summed E-state index contributed by atoms with van der Waals surface area (Å²) >= 11 is 0. The van der Waals surface area contributed by atoms with Crippen molar-refractivity contribution in [3.63, 3.8) is 0 Å². The molecule has 0 aromatic carbocycles. The van der Waals surface area contributed by atoms with Crippen molar-refractivity contribution in [2.75, 3.05) is 24.5 Å². The van der Waals surface area contributed by atoms with Gasteiger partial charge in [-0.05, 0) is 52.5 Å². The molecule has 0 saturated carbocycles. The number of amides is 1. The highest BCUT2D eigenvalue weighted by Crippen LogP contribution is 2.38. The zero-order valence-electron chi connectivity index (χ0n) is 17.2. The standard InChI is InChI=1S/C21H31N5O2/c1-20(2,3)28-19(27)26-13-6-4-5-9-21(26)10-7-12-25(14-21)18-16-8-11-22-17(16)23-15-24-18/h8,11,15H,4-7,9-10,12-14H2,1-3H3,(H,22,23,24). The van der Waals surface area contributed by atoms with Crippen LogP contribution in [-0.2, 0) is 4.74 Å². The van der Waals surface area contributed by atoms with E-state index in [9.17, 15) is 4.79 Å². The Labute approximate surface area is 166 Å². The maximum Gasteiger partial charge on any atom is 0.410 e. The van der Waals surface area contributed by atoms with E-state index in [2.05, 4.69) is 19.9 Å². The fraction of sp³-hybridized carbons (Fsp3) is 0.667. The number of aromatic nitrogens is 3. The Bertz CT molecular complexity index is 843. The van der Waals surface area contributed by atoms with E-state index in [1.54, 1.807) is 6.33 Å². The Morgan fingerprint density at radius 2 is 1.96 bits per heavy atom. The molecule has 4 heterocycles. The van der Waals surface area contributed by atoms with Gasteiger partial charge >= 0.3 is 6.09 Å². The van der Waals surface area contributed by atoms with Gasteiger partial charge in [0.2, 0.25) is 0 Å². The lowest BCUT2D eigenvalue weighted by Gasteiger charge is -2.49. The van der Waals surface area contributed by atoms with Gasteiger partial charge < -0.3 is 19.5 Å². The Kier molecular flexibility index (Phi) is 4.93. The number of carbonyl (C=O) groups excluding carboxylic acids is 1. The number of hydrogen-bond donors (Lipinski definition) is 1. The van der Waals surface area contributed by atoms with Gasteiger partial charge in [-0.2, -0.15) is 0 Å². The number of nitrogens with zero attached hydrogens (tertiary/aromatic N) is 4. The number of fused-ring (bicyclic) bond motifs is 1. The van der Waals surface area contributed by atoms with E-state index in [0.717, 1.165) is 75.0 Å². The number of piperidine rings is 1. The van der Waals surface area contributed by atoms with Crippen LogP contribution in [0, 0.1) is 0 Å². The van der Waals surface area contributed by atoms with Crippen LogP contribution >= 0.6 is 0 Å². The molecule has 2 aromatic heterocycles. The molecule has 152 valence electrons. The maximum absolute atomic E-state index is 13.1. The van der Waals surface area contributed by atoms with Crippen molar-refractivity contribution in [2.24, 2.45) is 0 Å². The second-order valence-electron chi connectivity index (χ2n) is 9.13. The normalized spacial score (nSPS) is 23.8. The van der Waals surface area contributed by atoms with E-state index in [-0.39, 0.29) is 11.6 Å². The average molecular weight is 386 g/mol. The molecular formula is C21H31N5O2. The predicted molar refractivity (Wildman–Crippen MR) is 109 cm³/mol. The minimum Gasteiger partial charge on any atom is -0.444 e. The molecule has 1 amide bonds. The summed E-state index contributed by atoms with van der Waals surface area (Å²) in [4.78, 5) is 29.6. The van der Waals surface area contributed by atoms with Crippen molar-refractivity contribution in [3.8, 4) is 0 Å². The van der Waals surface area contributed by atoms with Crippen LogP contribution in [0.3, 0.4) is 0 Å². The van der Waals surface area contributed by atoms with Crippen molar-refractivity contribution in [2.45, 2.75) is 70.4 Å². The summed E-state index contributed by atoms with van der Waals surface area (Å²) in [5.41, 5.74) is 0.183. The number of rotatable bonds is 1. The van der Waals surface area contributed by atoms with Gasteiger partial charge in [0.25, 0.3) is 0 Å². The van der Waals surface area contributed by atoms with Crippen molar-refractivity contribution >= 4 is 22.9 Å². The number of H-pyrrole nitrogens is 1. The first-order chi connectivity index (χ1) is 13.4. The van der Waals surface area contributed by atoms with Gasteiger partial charge in [-0.3, -0.25) is 0 Å². The van der Waals surface area contributed by atoms with Crippen LogP contribution < -0.4 is 4.90 Å². The van der Waals surface area contributed by atoms with E-state index in [1.165, 1.54) is 0 Å². The number of carbonyl (C=O) groups is 1. The van der Waals surface area contributed by atoms with Gasteiger partial charge in [-0.15, -0.1) is 0 Å². The second kappa shape index (κ2) is 7.26. The highest BCUT2D eigenvalue weighted by Gasteiger charge is 2.45. The summed E-state index contributed by atoms with van der Waals surface area (Å²) in [6, 6.07) is 2.03. The summed E-state index contributed by atoms with van der Waals surface area (Å²) in [6.07, 6.45) is 9.77. The van der Waals surface area contributed by atoms with Gasteiger partial charge in [-0.1, -0.05) is 12.8 Å². The smallest absolute Gasteiger partial charge is 0.410 e. The van der Waals surface area contributed by atoms with Gasteiger partial charge in [0.15, 0.2) is 0 Å². The minimum atomic E-state index is -0.483. The summed E-state index contributed by atoms with van der Waals surface area (Å²) < 4.78 is 5.80. The molecule has 2 aliphatic rings. The van der Waals surface area contributed by atoms with Gasteiger partial charge in [0, 0.05) is 25.8 Å². The third-order valence-corrected chi connectivity index (χ3v) is 5.90. The fourth-order valence-electron chi connectivity index (χ4n) is 4.70. The van der Waals surface area contributed by atoms with Crippen LogP contribution in [0.25, 0.3) is 11.0 Å². The van der Waals surface area contributed by atoms with E-state index in [0.29, 0.717) is 0 Å². The van der Waals surface area contributed by atoms with Gasteiger partial charge in [-0.25, -0.2) is 14.8 Å². The quantitative estimate of drug-likeness (QED) is 0.800. The summed E-state index contributed by atoms with van der Waals surface area (Å²) in [5.74, 6) is 0.957. The molecule has 2 saturated heterocycles. The third-order valence-electron chi connectivity index (χ3n) is 5.90. The van der Waals surface area contributed by atoms with Gasteiger partial charge in [0.1, 0.15) is 23.4 Å². The van der Waals surface area contributed by atoms with E-state index < -0.39 is 5.60 Å². The van der Waals surface area contributed by atoms with Crippen LogP contribution in [0.15, 0.2) is 18.6 Å². The molecule has 2 fully saturated rings. The van der Waals surface area contributed by atoms with Crippen LogP contribution in [0.5, 0.6) is 0 Å². The number of aromatic amines is 1. The van der Waals surface area contributed by atoms with Crippen molar-refractivity contribution in [1.82, 2.24) is 19.9 Å². The molecule has 0 bridgehead atoms. The Balaban J connectivity index is 1.65. The molecule has 2 aliphatic heterocycles. The molecule has 2 aromatic rings. The van der Waals surface area contributed by atoms with Gasteiger partial charge in [0.05, 0.1) is 10.9 Å². The third kappa shape index (κ3) is 3.66. The minimum absolute atomic E-state index is 0.175. The molecule has 28 heavy (non-hydrogen) atoms. The van der Waals surface area contributed by atoms with Crippen molar-refractivity contribution in [3.05, 3.63) is 18.6 Å². The zero-order chi connectivity index (χ0) is 19.8. The zero-order valence-corrected chi connectivity index (χ0v) is 17.2. The summed E-state index contributed by atoms with van der Waals surface area (Å²) in [5, 5.41) is 1.04. The number of ether oxygens (including phenoxy) is 1. The van der Waals surface area contributed by atoms with Crippen LogP contribution in [0.2, 0.25) is 0 Å². The molecule has 7 nitrogen and oxygen atoms in total. The first-order valence-corrected chi connectivity index (χ1v) is 10.4. The molecule has 0 aliphatic carbocycles. The fourth-order valence-corrected chi connectivity index (χ4v) is 4.70. The number of nitrogens with one attached hydrogen (secondary N) is 1. The number of hydrogen-bond acceptors (Lipinski definition) is 5. The predicted octanol–water partition coefficient (Wildman–Crippen LogP) is 4.11. The lowest BCUT2D eigenvalue weighted by molar-refractivity contribution is -0.00693. The van der Waals surface area contributed by atoms with E-state index in [4.69, 9.17) is 4.74 Å². The summed E-state index contributed by atoms with van der Waals surface area (Å²) in [6.45, 7) is 8.32. The highest BCUT2D eigenvalue weighted by molar-refractivity contribution is 5.87. The molecule has 1 unspecified atom stereocenters. The maximum atomic E-state index is 13.1. The molecular weight excluding hydrogens is 354 g/mol. The van der Waals surface area contributed by atoms with Crippen molar-refractivity contribution < 1.29 is 9.53 Å². The SMILES string of the molecule is CC(C)(C)OC(=O)N1CCCCCC12CCCN(c1ncnc3[nH]ccc13)C2. The monoisotopic (exact) mass is 385 g/mol. The van der Waals surface area contributed by atoms with Crippen LogP contribution in [0.4, 0.5) is 10.6 Å². The first-order valence-electron chi connectivity index (χ1n) is 10.4. The largest absolute Gasteiger partial charge is 0.444 e. The highest BCUT2D eigenvalue weighted by atomic mass is 16.6. The van der Waals surface area contributed by atoms with Crippen LogP contribution in [-0.4, -0.2) is 56.7 Å². The molecule has 1 spiro atoms. The molecule has 7 heteroatoms. The lowest BCUT2D eigenvalue weighted by Crippen LogP contribution is -2.61. The molecule has 1 N–H and O–H groups in total. The molecule has 1 atom stereocenters. The first kappa shape index (κ1) is 19.0. The van der Waals surface area contributed by atoms with Crippen LogP contribution in [0.1, 0.15) is 59.3 Å². The van der Waals surface area contributed by atoms with Crippen molar-refractivity contribution in [1.29, 1.82) is 0 Å². The Morgan fingerprint density at radius 3 is 2.79 bits per heavy atom. The lowest BCUT2D eigenvalue weighted by atomic mass is 9.83. The second-order valence-corrected chi connectivity index (χ2v) is 9.13. The summed E-state index contributed by atoms with van der Waals surface area (Å²) in [7, 11) is 0. The average Bonchev–Trinajstić information content (AvgIpc) is 3.03. The molecule has 4 rings (SSSR count). The molecule has 0 radical (unpaired) electrons. The Morgan fingerprint density at radius 1 is 1.14 bits per heavy atom. The van der Waals surface area contributed by atoms with E-state index >= 15 is 0 Å². The number of anilines is 1. The van der Waals surface area contributed by atoms with E-state index in [1.807, 2.05) is 37.9 Å². The number of likely N-dealkylation sites (tertiary alicyclic amines) is 1. The topological polar surface area (TPSA) is 74.3 Å².